The zero-order valence-electron chi connectivity index (χ0n) is 13.3. The second-order valence-corrected chi connectivity index (χ2v) is 5.06. The van der Waals surface area contributed by atoms with Gasteiger partial charge in [-0.15, -0.1) is 0 Å². The van der Waals surface area contributed by atoms with E-state index in [2.05, 4.69) is 5.32 Å². The van der Waals surface area contributed by atoms with Crippen molar-refractivity contribution in [2.75, 3.05) is 19.8 Å². The van der Waals surface area contributed by atoms with Crippen molar-refractivity contribution in [1.82, 2.24) is 5.32 Å². The average molecular weight is 329 g/mol. The Kier molecular flexibility index (Phi) is 6.19. The molecule has 0 saturated heterocycles. The Hall–Kier alpha value is -3.02. The Morgan fingerprint density at radius 1 is 1.08 bits per heavy atom. The maximum atomic E-state index is 11.9. The lowest BCUT2D eigenvalue weighted by Gasteiger charge is -2.09. The highest BCUT2D eigenvalue weighted by Crippen LogP contribution is 2.21. The largest absolute Gasteiger partial charge is 0.507 e. The number of hydrogen-bond acceptors (Lipinski definition) is 5. The number of carbonyl (C=O) groups excluding carboxylic acids is 2. The molecule has 0 atom stereocenters. The van der Waals surface area contributed by atoms with Crippen LogP contribution < -0.4 is 10.1 Å². The topological polar surface area (TPSA) is 84.9 Å². The minimum absolute atomic E-state index is 0.0372. The standard InChI is InChI=1S/C18H19NO5/c1-13-6-5-9-15(17(13)21)18(22)24-12-16(20)19-10-11-23-14-7-3-2-4-8-14/h2-9,21H,10-12H2,1H3,(H,19,20). The van der Waals surface area contributed by atoms with Gasteiger partial charge in [0.1, 0.15) is 23.7 Å². The van der Waals surface area contributed by atoms with Crippen LogP contribution in [-0.4, -0.2) is 36.7 Å². The van der Waals surface area contributed by atoms with Crippen molar-refractivity contribution in [2.45, 2.75) is 6.92 Å². The number of para-hydroxylation sites is 2. The molecule has 0 unspecified atom stereocenters. The second kappa shape index (κ2) is 8.57. The number of rotatable bonds is 7. The molecular formula is C18H19NO5. The molecule has 1 amide bonds. The molecule has 24 heavy (non-hydrogen) atoms. The molecule has 0 aliphatic carbocycles. The highest BCUT2D eigenvalue weighted by atomic mass is 16.5. The van der Waals surface area contributed by atoms with Crippen LogP contribution in [0.15, 0.2) is 48.5 Å². The highest BCUT2D eigenvalue weighted by molar-refractivity contribution is 5.94. The van der Waals surface area contributed by atoms with E-state index in [0.29, 0.717) is 24.5 Å². The number of aryl methyl sites for hydroxylation is 1. The first-order valence-electron chi connectivity index (χ1n) is 7.48. The van der Waals surface area contributed by atoms with Gasteiger partial charge >= 0.3 is 5.97 Å². The Bertz CT molecular complexity index is 700. The maximum Gasteiger partial charge on any atom is 0.342 e. The van der Waals surface area contributed by atoms with Crippen molar-refractivity contribution in [3.8, 4) is 11.5 Å². The van der Waals surface area contributed by atoms with Crippen molar-refractivity contribution >= 4 is 11.9 Å². The van der Waals surface area contributed by atoms with Crippen LogP contribution >= 0.6 is 0 Å². The van der Waals surface area contributed by atoms with Crippen molar-refractivity contribution in [2.24, 2.45) is 0 Å². The number of phenols is 1. The molecule has 0 aromatic heterocycles. The van der Waals surface area contributed by atoms with Crippen LogP contribution in [-0.2, 0) is 9.53 Å². The molecule has 0 fully saturated rings. The lowest BCUT2D eigenvalue weighted by Crippen LogP contribution is -2.32. The molecule has 6 nitrogen and oxygen atoms in total. The molecule has 2 aromatic carbocycles. The maximum absolute atomic E-state index is 11.9. The van der Waals surface area contributed by atoms with E-state index in [1.807, 2.05) is 30.3 Å². The molecule has 0 heterocycles. The van der Waals surface area contributed by atoms with E-state index in [9.17, 15) is 14.7 Å². The molecule has 2 rings (SSSR count). The summed E-state index contributed by atoms with van der Waals surface area (Å²) in [6.07, 6.45) is 0. The average Bonchev–Trinajstić information content (AvgIpc) is 2.60. The van der Waals surface area contributed by atoms with Gasteiger partial charge in [-0.3, -0.25) is 4.79 Å². The first-order chi connectivity index (χ1) is 11.6. The Morgan fingerprint density at radius 2 is 1.83 bits per heavy atom. The van der Waals surface area contributed by atoms with Crippen LogP contribution in [0.1, 0.15) is 15.9 Å². The highest BCUT2D eigenvalue weighted by Gasteiger charge is 2.15. The fourth-order valence-electron chi connectivity index (χ4n) is 1.96. The van der Waals surface area contributed by atoms with Gasteiger partial charge in [-0.2, -0.15) is 0 Å². The van der Waals surface area contributed by atoms with E-state index in [4.69, 9.17) is 9.47 Å². The molecule has 6 heteroatoms. The fraction of sp³-hybridized carbons (Fsp3) is 0.222. The second-order valence-electron chi connectivity index (χ2n) is 5.06. The van der Waals surface area contributed by atoms with Crippen molar-refractivity contribution in [1.29, 1.82) is 0 Å². The third-order valence-electron chi connectivity index (χ3n) is 3.23. The molecule has 2 N–H and O–H groups in total. The molecule has 126 valence electrons. The smallest absolute Gasteiger partial charge is 0.342 e. The Morgan fingerprint density at radius 3 is 2.58 bits per heavy atom. The molecule has 0 aliphatic heterocycles. The van der Waals surface area contributed by atoms with Crippen LogP contribution in [0.5, 0.6) is 11.5 Å². The Balaban J connectivity index is 1.69. The summed E-state index contributed by atoms with van der Waals surface area (Å²) in [5.74, 6) is -0.605. The van der Waals surface area contributed by atoms with Crippen LogP contribution in [0.2, 0.25) is 0 Å². The SMILES string of the molecule is Cc1cccc(C(=O)OCC(=O)NCCOc2ccccc2)c1O. The van der Waals surface area contributed by atoms with Gasteiger partial charge < -0.3 is 19.9 Å². The molecule has 0 radical (unpaired) electrons. The fourth-order valence-corrected chi connectivity index (χ4v) is 1.96. The minimum atomic E-state index is -0.744. The number of benzene rings is 2. The number of amides is 1. The Labute approximate surface area is 140 Å². The summed E-state index contributed by atoms with van der Waals surface area (Å²) in [5.41, 5.74) is 0.599. The molecule has 0 saturated carbocycles. The van der Waals surface area contributed by atoms with Crippen LogP contribution in [0.25, 0.3) is 0 Å². The molecule has 0 spiro atoms. The number of ether oxygens (including phenoxy) is 2. The third-order valence-corrected chi connectivity index (χ3v) is 3.23. The molecular weight excluding hydrogens is 310 g/mol. The number of aromatic hydroxyl groups is 1. The summed E-state index contributed by atoms with van der Waals surface area (Å²) in [6.45, 7) is 1.85. The van der Waals surface area contributed by atoms with E-state index in [-0.39, 0.29) is 11.3 Å². The van der Waals surface area contributed by atoms with E-state index in [1.165, 1.54) is 6.07 Å². The van der Waals surface area contributed by atoms with Crippen LogP contribution in [0, 0.1) is 6.92 Å². The number of carbonyl (C=O) groups is 2. The van der Waals surface area contributed by atoms with Gasteiger partial charge in [0.25, 0.3) is 5.91 Å². The van der Waals surface area contributed by atoms with E-state index >= 15 is 0 Å². The lowest BCUT2D eigenvalue weighted by atomic mass is 10.1. The number of esters is 1. The van der Waals surface area contributed by atoms with E-state index < -0.39 is 18.5 Å². The summed E-state index contributed by atoms with van der Waals surface area (Å²) >= 11 is 0. The summed E-state index contributed by atoms with van der Waals surface area (Å²) < 4.78 is 10.3. The number of nitrogens with one attached hydrogen (secondary N) is 1. The minimum Gasteiger partial charge on any atom is -0.507 e. The van der Waals surface area contributed by atoms with Crippen molar-refractivity contribution in [3.05, 3.63) is 59.7 Å². The normalized spacial score (nSPS) is 10.0. The first-order valence-corrected chi connectivity index (χ1v) is 7.48. The number of hydrogen-bond donors (Lipinski definition) is 2. The zero-order chi connectivity index (χ0) is 17.4. The van der Waals surface area contributed by atoms with Gasteiger partial charge in [0.05, 0.1) is 6.54 Å². The first kappa shape index (κ1) is 17.3. The van der Waals surface area contributed by atoms with Crippen LogP contribution in [0.3, 0.4) is 0 Å². The van der Waals surface area contributed by atoms with Crippen molar-refractivity contribution < 1.29 is 24.2 Å². The summed E-state index contributed by atoms with van der Waals surface area (Å²) in [6, 6.07) is 14.0. The van der Waals surface area contributed by atoms with Gasteiger partial charge in [0.15, 0.2) is 6.61 Å². The van der Waals surface area contributed by atoms with Crippen LogP contribution in [0.4, 0.5) is 0 Å². The third kappa shape index (κ3) is 5.01. The van der Waals surface area contributed by atoms with Crippen molar-refractivity contribution in [3.63, 3.8) is 0 Å². The summed E-state index contributed by atoms with van der Waals surface area (Å²) in [5, 5.41) is 12.4. The van der Waals surface area contributed by atoms with Gasteiger partial charge in [-0.25, -0.2) is 4.79 Å². The van der Waals surface area contributed by atoms with E-state index in [1.54, 1.807) is 19.1 Å². The van der Waals surface area contributed by atoms with Gasteiger partial charge in [0.2, 0.25) is 0 Å². The predicted molar refractivity (Wildman–Crippen MR) is 88.1 cm³/mol. The number of phenolic OH excluding ortho intramolecular Hbond substituents is 1. The van der Waals surface area contributed by atoms with Gasteiger partial charge in [-0.05, 0) is 30.7 Å². The quantitative estimate of drug-likeness (QED) is 0.600. The van der Waals surface area contributed by atoms with Gasteiger partial charge in [0, 0.05) is 0 Å². The monoisotopic (exact) mass is 329 g/mol. The molecule has 0 bridgehead atoms. The summed E-state index contributed by atoms with van der Waals surface area (Å²) in [4.78, 5) is 23.5. The van der Waals surface area contributed by atoms with Gasteiger partial charge in [-0.1, -0.05) is 30.3 Å². The summed E-state index contributed by atoms with van der Waals surface area (Å²) in [7, 11) is 0. The molecule has 0 aliphatic rings. The van der Waals surface area contributed by atoms with E-state index in [0.717, 1.165) is 0 Å². The predicted octanol–water partition coefficient (Wildman–Crippen LogP) is 2.05. The lowest BCUT2D eigenvalue weighted by molar-refractivity contribution is -0.124. The molecule has 2 aromatic rings. The zero-order valence-corrected chi connectivity index (χ0v) is 13.3.